The lowest BCUT2D eigenvalue weighted by Crippen LogP contribution is -2.51. The van der Waals surface area contributed by atoms with Crippen molar-refractivity contribution in [2.75, 3.05) is 0 Å². The summed E-state index contributed by atoms with van der Waals surface area (Å²) in [7, 11) is 0. The molecule has 0 aromatic heterocycles. The lowest BCUT2D eigenvalue weighted by molar-refractivity contribution is -0.142. The van der Waals surface area contributed by atoms with Crippen molar-refractivity contribution < 1.29 is 14.7 Å². The normalized spacial score (nSPS) is 32.2. The summed E-state index contributed by atoms with van der Waals surface area (Å²) in [6.45, 7) is 4.35. The lowest BCUT2D eigenvalue weighted by atomic mass is 9.87. The molecule has 2 saturated carbocycles. The Balaban J connectivity index is 1.92. The van der Waals surface area contributed by atoms with Gasteiger partial charge in [0, 0.05) is 12.1 Å². The number of amides is 2. The predicted octanol–water partition coefficient (Wildman–Crippen LogP) is 2.90. The van der Waals surface area contributed by atoms with Gasteiger partial charge in [0.2, 0.25) is 0 Å². The molecule has 0 aromatic rings. The van der Waals surface area contributed by atoms with E-state index in [4.69, 9.17) is 0 Å². The second kappa shape index (κ2) is 6.67. The fourth-order valence-corrected chi connectivity index (χ4v) is 3.74. The van der Waals surface area contributed by atoms with E-state index in [1.54, 1.807) is 0 Å². The molecule has 120 valence electrons. The molecule has 2 aliphatic rings. The topological polar surface area (TPSA) is 78.4 Å². The zero-order valence-electron chi connectivity index (χ0n) is 13.2. The van der Waals surface area contributed by atoms with Crippen molar-refractivity contribution >= 4 is 12.0 Å². The first-order valence-corrected chi connectivity index (χ1v) is 8.20. The Hall–Kier alpha value is -1.26. The zero-order chi connectivity index (χ0) is 15.5. The number of carboxylic acids is 1. The van der Waals surface area contributed by atoms with Gasteiger partial charge < -0.3 is 15.7 Å². The van der Waals surface area contributed by atoms with Crippen LogP contribution in [0.25, 0.3) is 0 Å². The number of carbonyl (C=O) groups is 2. The molecule has 5 heteroatoms. The van der Waals surface area contributed by atoms with Crippen molar-refractivity contribution in [3.05, 3.63) is 0 Å². The second-order valence-electron chi connectivity index (χ2n) is 7.24. The molecule has 2 rings (SSSR count). The average Bonchev–Trinajstić information content (AvgIpc) is 2.62. The van der Waals surface area contributed by atoms with E-state index < -0.39 is 11.9 Å². The maximum Gasteiger partial charge on any atom is 0.315 e. The summed E-state index contributed by atoms with van der Waals surface area (Å²) in [5, 5.41) is 15.3. The first-order chi connectivity index (χ1) is 9.90. The molecule has 0 bridgehead atoms. The molecule has 0 radical (unpaired) electrons. The van der Waals surface area contributed by atoms with Crippen molar-refractivity contribution in [1.29, 1.82) is 0 Å². The van der Waals surface area contributed by atoms with E-state index in [0.29, 0.717) is 6.42 Å². The third-order valence-corrected chi connectivity index (χ3v) is 5.21. The molecule has 2 aliphatic carbocycles. The molecule has 21 heavy (non-hydrogen) atoms. The van der Waals surface area contributed by atoms with Crippen LogP contribution < -0.4 is 10.6 Å². The fourth-order valence-electron chi connectivity index (χ4n) is 3.74. The summed E-state index contributed by atoms with van der Waals surface area (Å²) in [6.07, 6.45) is 7.68. The lowest BCUT2D eigenvalue weighted by Gasteiger charge is -2.29. The van der Waals surface area contributed by atoms with Gasteiger partial charge in [-0.2, -0.15) is 0 Å². The van der Waals surface area contributed by atoms with Crippen LogP contribution in [0.15, 0.2) is 0 Å². The highest BCUT2D eigenvalue weighted by atomic mass is 16.4. The van der Waals surface area contributed by atoms with Crippen molar-refractivity contribution in [3.63, 3.8) is 0 Å². The minimum absolute atomic E-state index is 0.132. The highest BCUT2D eigenvalue weighted by Gasteiger charge is 2.36. The van der Waals surface area contributed by atoms with E-state index in [1.165, 1.54) is 0 Å². The number of hydrogen-bond donors (Lipinski definition) is 3. The minimum Gasteiger partial charge on any atom is -0.481 e. The van der Waals surface area contributed by atoms with Crippen molar-refractivity contribution in [2.45, 2.75) is 77.3 Å². The SMILES string of the molecule is CC1(C)CCCC1NC(=O)NC1CCCCCC1C(=O)O. The number of carboxylic acid groups (broad SMARTS) is 1. The predicted molar refractivity (Wildman–Crippen MR) is 81.1 cm³/mol. The molecule has 5 nitrogen and oxygen atoms in total. The van der Waals surface area contributed by atoms with E-state index in [9.17, 15) is 14.7 Å². The summed E-state index contributed by atoms with van der Waals surface area (Å²) >= 11 is 0. The Morgan fingerprint density at radius 2 is 1.71 bits per heavy atom. The van der Waals surface area contributed by atoms with Crippen LogP contribution in [-0.4, -0.2) is 29.2 Å². The fraction of sp³-hybridized carbons (Fsp3) is 0.875. The van der Waals surface area contributed by atoms with Gasteiger partial charge in [-0.25, -0.2) is 4.79 Å². The maximum atomic E-state index is 12.2. The van der Waals surface area contributed by atoms with Gasteiger partial charge in [-0.3, -0.25) is 4.79 Å². The second-order valence-corrected chi connectivity index (χ2v) is 7.24. The maximum absolute atomic E-state index is 12.2. The van der Waals surface area contributed by atoms with E-state index in [-0.39, 0.29) is 23.5 Å². The van der Waals surface area contributed by atoms with Crippen LogP contribution in [0, 0.1) is 11.3 Å². The first kappa shape index (κ1) is 16.1. The van der Waals surface area contributed by atoms with Gasteiger partial charge in [0.25, 0.3) is 0 Å². The van der Waals surface area contributed by atoms with Crippen LogP contribution in [0.3, 0.4) is 0 Å². The third-order valence-electron chi connectivity index (χ3n) is 5.21. The van der Waals surface area contributed by atoms with Crippen molar-refractivity contribution in [1.82, 2.24) is 10.6 Å². The Morgan fingerprint density at radius 1 is 1.00 bits per heavy atom. The zero-order valence-corrected chi connectivity index (χ0v) is 13.2. The number of hydrogen-bond acceptors (Lipinski definition) is 2. The van der Waals surface area contributed by atoms with Gasteiger partial charge in [0.05, 0.1) is 5.92 Å². The van der Waals surface area contributed by atoms with Crippen molar-refractivity contribution in [2.24, 2.45) is 11.3 Å². The molecular formula is C16H28N2O3. The first-order valence-electron chi connectivity index (χ1n) is 8.20. The average molecular weight is 296 g/mol. The number of carbonyl (C=O) groups excluding carboxylic acids is 1. The standard InChI is InChI=1S/C16H28N2O3/c1-16(2)10-6-9-13(16)18-15(21)17-12-8-5-3-4-7-11(12)14(19)20/h11-13H,3-10H2,1-2H3,(H,19,20)(H2,17,18,21). The molecule has 0 aliphatic heterocycles. The Labute approximate surface area is 126 Å². The summed E-state index contributed by atoms with van der Waals surface area (Å²) in [6, 6.07) is -0.255. The van der Waals surface area contributed by atoms with Crippen molar-refractivity contribution in [3.8, 4) is 0 Å². The monoisotopic (exact) mass is 296 g/mol. The number of rotatable bonds is 3. The van der Waals surface area contributed by atoms with Gasteiger partial charge in [-0.1, -0.05) is 39.5 Å². The molecule has 2 fully saturated rings. The van der Waals surface area contributed by atoms with Crippen LogP contribution in [0.1, 0.15) is 65.2 Å². The smallest absolute Gasteiger partial charge is 0.315 e. The quantitative estimate of drug-likeness (QED) is 0.701. The van der Waals surface area contributed by atoms with Crippen LogP contribution in [0.2, 0.25) is 0 Å². The van der Waals surface area contributed by atoms with Gasteiger partial charge in [-0.05, 0) is 31.1 Å². The molecule has 0 saturated heterocycles. The molecule has 2 amide bonds. The Morgan fingerprint density at radius 3 is 2.33 bits per heavy atom. The minimum atomic E-state index is -0.789. The van der Waals surface area contributed by atoms with E-state index >= 15 is 0 Å². The van der Waals surface area contributed by atoms with E-state index in [1.807, 2.05) is 0 Å². The van der Waals surface area contributed by atoms with Gasteiger partial charge in [0.15, 0.2) is 0 Å². The molecule has 0 aromatic carbocycles. The van der Waals surface area contributed by atoms with Gasteiger partial charge in [0.1, 0.15) is 0 Å². The van der Waals surface area contributed by atoms with Crippen LogP contribution in [0.4, 0.5) is 4.79 Å². The molecule has 0 spiro atoms. The summed E-state index contributed by atoms with van der Waals surface area (Å²) in [5.41, 5.74) is 0.132. The van der Waals surface area contributed by atoms with E-state index in [2.05, 4.69) is 24.5 Å². The largest absolute Gasteiger partial charge is 0.481 e. The summed E-state index contributed by atoms with van der Waals surface area (Å²) < 4.78 is 0. The summed E-state index contributed by atoms with van der Waals surface area (Å²) in [4.78, 5) is 23.6. The third kappa shape index (κ3) is 4.11. The highest BCUT2D eigenvalue weighted by molar-refractivity contribution is 5.77. The van der Waals surface area contributed by atoms with Crippen LogP contribution in [0.5, 0.6) is 0 Å². The number of urea groups is 1. The van der Waals surface area contributed by atoms with Crippen LogP contribution >= 0.6 is 0 Å². The summed E-state index contributed by atoms with van der Waals surface area (Å²) in [5.74, 6) is -1.24. The number of nitrogens with one attached hydrogen (secondary N) is 2. The number of aliphatic carboxylic acids is 1. The molecule has 3 unspecified atom stereocenters. The van der Waals surface area contributed by atoms with Gasteiger partial charge in [-0.15, -0.1) is 0 Å². The Kier molecular flexibility index (Phi) is 5.12. The molecule has 3 N–H and O–H groups in total. The van der Waals surface area contributed by atoms with Crippen LogP contribution in [-0.2, 0) is 4.79 Å². The Bertz CT molecular complexity index is 395. The molecular weight excluding hydrogens is 268 g/mol. The molecule has 3 atom stereocenters. The molecule has 0 heterocycles. The van der Waals surface area contributed by atoms with Gasteiger partial charge >= 0.3 is 12.0 Å². The highest BCUT2D eigenvalue weighted by Crippen LogP contribution is 2.37. The van der Waals surface area contributed by atoms with E-state index in [0.717, 1.165) is 44.9 Å².